The SMILES string of the molecule is CCC(=O)OC(=O)C1(C[C@@H](NCC(C)C)OCc2ccccc2)CCCN1. The van der Waals surface area contributed by atoms with Gasteiger partial charge in [0.15, 0.2) is 0 Å². The van der Waals surface area contributed by atoms with E-state index in [-0.39, 0.29) is 12.6 Å². The molecule has 0 amide bonds. The normalized spacial score (nSPS) is 20.6. The molecular formula is C21H32N2O4. The molecule has 0 aromatic heterocycles. The summed E-state index contributed by atoms with van der Waals surface area (Å²) in [5.74, 6) is -0.537. The van der Waals surface area contributed by atoms with Crippen LogP contribution in [-0.4, -0.2) is 36.8 Å². The van der Waals surface area contributed by atoms with Gasteiger partial charge in [-0.1, -0.05) is 51.1 Å². The summed E-state index contributed by atoms with van der Waals surface area (Å²) in [4.78, 5) is 24.3. The average molecular weight is 376 g/mol. The van der Waals surface area contributed by atoms with Gasteiger partial charge in [-0.25, -0.2) is 4.79 Å². The fourth-order valence-electron chi connectivity index (χ4n) is 3.16. The van der Waals surface area contributed by atoms with Gasteiger partial charge in [0.1, 0.15) is 11.8 Å². The summed E-state index contributed by atoms with van der Waals surface area (Å²) >= 11 is 0. The molecule has 6 heteroatoms. The van der Waals surface area contributed by atoms with E-state index >= 15 is 0 Å². The number of hydrogen-bond donors (Lipinski definition) is 2. The van der Waals surface area contributed by atoms with Crippen molar-refractivity contribution in [3.05, 3.63) is 35.9 Å². The zero-order chi connectivity index (χ0) is 19.7. The molecule has 1 aromatic rings. The highest BCUT2D eigenvalue weighted by atomic mass is 16.6. The first-order chi connectivity index (χ1) is 12.9. The van der Waals surface area contributed by atoms with Crippen LogP contribution in [0.3, 0.4) is 0 Å². The Hall–Kier alpha value is -1.76. The minimum atomic E-state index is -0.879. The molecule has 0 saturated carbocycles. The first-order valence-corrected chi connectivity index (χ1v) is 9.84. The van der Waals surface area contributed by atoms with Crippen LogP contribution in [0.2, 0.25) is 0 Å². The molecule has 0 bridgehead atoms. The molecule has 0 aliphatic carbocycles. The molecule has 6 nitrogen and oxygen atoms in total. The number of nitrogens with one attached hydrogen (secondary N) is 2. The lowest BCUT2D eigenvalue weighted by Crippen LogP contribution is -2.54. The van der Waals surface area contributed by atoms with Crippen molar-refractivity contribution in [2.24, 2.45) is 5.92 Å². The number of carbonyl (C=O) groups excluding carboxylic acids is 2. The maximum atomic E-state index is 12.7. The molecule has 2 atom stereocenters. The second-order valence-electron chi connectivity index (χ2n) is 7.52. The topological polar surface area (TPSA) is 76.7 Å². The van der Waals surface area contributed by atoms with Gasteiger partial charge in [-0.2, -0.15) is 0 Å². The van der Waals surface area contributed by atoms with Gasteiger partial charge in [-0.05, 0) is 37.4 Å². The van der Waals surface area contributed by atoms with Crippen molar-refractivity contribution in [2.45, 2.75) is 64.8 Å². The molecule has 1 fully saturated rings. The van der Waals surface area contributed by atoms with Crippen LogP contribution < -0.4 is 10.6 Å². The van der Waals surface area contributed by atoms with Crippen LogP contribution in [0, 0.1) is 5.92 Å². The third-order valence-corrected chi connectivity index (χ3v) is 4.71. The Kier molecular flexibility index (Phi) is 8.41. The zero-order valence-corrected chi connectivity index (χ0v) is 16.6. The smallest absolute Gasteiger partial charge is 0.334 e. The van der Waals surface area contributed by atoms with E-state index in [2.05, 4.69) is 24.5 Å². The molecule has 1 aromatic carbocycles. The summed E-state index contributed by atoms with van der Waals surface area (Å²) < 4.78 is 11.2. The first-order valence-electron chi connectivity index (χ1n) is 9.84. The van der Waals surface area contributed by atoms with Crippen molar-refractivity contribution in [1.82, 2.24) is 10.6 Å². The molecule has 0 radical (unpaired) electrons. The predicted octanol–water partition coefficient (Wildman–Crippen LogP) is 2.77. The van der Waals surface area contributed by atoms with Crippen molar-refractivity contribution in [3.8, 4) is 0 Å². The second-order valence-corrected chi connectivity index (χ2v) is 7.52. The van der Waals surface area contributed by atoms with E-state index in [4.69, 9.17) is 9.47 Å². The molecule has 1 saturated heterocycles. The van der Waals surface area contributed by atoms with Crippen LogP contribution in [0.4, 0.5) is 0 Å². The Bertz CT molecular complexity index is 597. The molecule has 27 heavy (non-hydrogen) atoms. The lowest BCUT2D eigenvalue weighted by atomic mass is 9.92. The fourth-order valence-corrected chi connectivity index (χ4v) is 3.16. The largest absolute Gasteiger partial charge is 0.392 e. The third kappa shape index (κ3) is 6.72. The molecular weight excluding hydrogens is 344 g/mol. The summed E-state index contributed by atoms with van der Waals surface area (Å²) in [5.41, 5.74) is 0.196. The van der Waals surface area contributed by atoms with Gasteiger partial charge >= 0.3 is 11.9 Å². The van der Waals surface area contributed by atoms with Crippen LogP contribution in [-0.2, 0) is 25.7 Å². The summed E-state index contributed by atoms with van der Waals surface area (Å²) in [5, 5.41) is 6.68. The van der Waals surface area contributed by atoms with Crippen LogP contribution in [0.5, 0.6) is 0 Å². The average Bonchev–Trinajstić information content (AvgIpc) is 3.14. The van der Waals surface area contributed by atoms with Gasteiger partial charge < -0.3 is 14.8 Å². The molecule has 1 aliphatic rings. The lowest BCUT2D eigenvalue weighted by Gasteiger charge is -2.31. The standard InChI is InChI=1S/C21H32N2O4/c1-4-19(24)27-20(25)21(11-8-12-23-21)13-18(22-14-16(2)3)26-15-17-9-6-5-7-10-17/h5-7,9-10,16,18,22-23H,4,8,11-15H2,1-3H3/t18-,21?/m0/s1. The summed E-state index contributed by atoms with van der Waals surface area (Å²) in [7, 11) is 0. The third-order valence-electron chi connectivity index (χ3n) is 4.71. The predicted molar refractivity (Wildman–Crippen MR) is 104 cm³/mol. The number of benzene rings is 1. The molecule has 2 N–H and O–H groups in total. The number of rotatable bonds is 10. The van der Waals surface area contributed by atoms with E-state index in [1.807, 2.05) is 30.3 Å². The van der Waals surface area contributed by atoms with E-state index < -0.39 is 17.5 Å². The van der Waals surface area contributed by atoms with E-state index in [0.717, 1.165) is 25.1 Å². The van der Waals surface area contributed by atoms with Crippen molar-refractivity contribution in [2.75, 3.05) is 13.1 Å². The molecule has 1 heterocycles. The van der Waals surface area contributed by atoms with Crippen molar-refractivity contribution >= 4 is 11.9 Å². The molecule has 150 valence electrons. The van der Waals surface area contributed by atoms with E-state index in [0.29, 0.717) is 25.4 Å². The van der Waals surface area contributed by atoms with Crippen molar-refractivity contribution in [3.63, 3.8) is 0 Å². The van der Waals surface area contributed by atoms with Crippen LogP contribution in [0.25, 0.3) is 0 Å². The number of esters is 2. The number of carbonyl (C=O) groups is 2. The fraction of sp³-hybridized carbons (Fsp3) is 0.619. The van der Waals surface area contributed by atoms with Gasteiger partial charge in [-0.15, -0.1) is 0 Å². The van der Waals surface area contributed by atoms with Gasteiger partial charge in [0, 0.05) is 12.8 Å². The van der Waals surface area contributed by atoms with Crippen molar-refractivity contribution in [1.29, 1.82) is 0 Å². The summed E-state index contributed by atoms with van der Waals surface area (Å²) in [6.45, 7) is 7.89. The molecule has 0 spiro atoms. The monoisotopic (exact) mass is 376 g/mol. The number of ether oxygens (including phenoxy) is 2. The highest BCUT2D eigenvalue weighted by Gasteiger charge is 2.45. The maximum Gasteiger partial charge on any atom is 0.334 e. The Morgan fingerprint density at radius 1 is 1.26 bits per heavy atom. The van der Waals surface area contributed by atoms with Gasteiger partial charge in [0.2, 0.25) is 0 Å². The highest BCUT2D eigenvalue weighted by molar-refractivity contribution is 5.91. The van der Waals surface area contributed by atoms with Crippen LogP contribution >= 0.6 is 0 Å². The van der Waals surface area contributed by atoms with E-state index in [9.17, 15) is 9.59 Å². The van der Waals surface area contributed by atoms with Gasteiger partial charge in [0.25, 0.3) is 0 Å². The van der Waals surface area contributed by atoms with Gasteiger partial charge in [-0.3, -0.25) is 10.1 Å². The minimum Gasteiger partial charge on any atom is -0.392 e. The quantitative estimate of drug-likeness (QED) is 0.371. The van der Waals surface area contributed by atoms with Gasteiger partial charge in [0.05, 0.1) is 6.61 Å². The minimum absolute atomic E-state index is 0.182. The van der Waals surface area contributed by atoms with Crippen molar-refractivity contribution < 1.29 is 19.1 Å². The second kappa shape index (κ2) is 10.5. The zero-order valence-electron chi connectivity index (χ0n) is 16.6. The lowest BCUT2D eigenvalue weighted by molar-refractivity contribution is -0.165. The molecule has 1 aliphatic heterocycles. The van der Waals surface area contributed by atoms with Crippen LogP contribution in [0.15, 0.2) is 30.3 Å². The highest BCUT2D eigenvalue weighted by Crippen LogP contribution is 2.27. The Morgan fingerprint density at radius 3 is 2.59 bits per heavy atom. The molecule has 2 rings (SSSR count). The first kappa shape index (κ1) is 21.5. The summed E-state index contributed by atoms with van der Waals surface area (Å²) in [6.07, 6.45) is 1.79. The Labute approximate surface area is 162 Å². The summed E-state index contributed by atoms with van der Waals surface area (Å²) in [6, 6.07) is 9.94. The van der Waals surface area contributed by atoms with E-state index in [1.54, 1.807) is 6.92 Å². The Balaban J connectivity index is 2.07. The molecule has 1 unspecified atom stereocenters. The van der Waals surface area contributed by atoms with Crippen LogP contribution in [0.1, 0.15) is 52.0 Å². The van der Waals surface area contributed by atoms with E-state index in [1.165, 1.54) is 0 Å². The Morgan fingerprint density at radius 2 is 2.00 bits per heavy atom. The number of hydrogen-bond acceptors (Lipinski definition) is 6. The maximum absolute atomic E-state index is 12.7.